The predicted molar refractivity (Wildman–Crippen MR) is 131 cm³/mol. The lowest BCUT2D eigenvalue weighted by molar-refractivity contribution is -0.385. The summed E-state index contributed by atoms with van der Waals surface area (Å²) in [6.07, 6.45) is 4.80. The number of hydrogen-bond donors (Lipinski definition) is 0. The molecule has 0 spiro atoms. The summed E-state index contributed by atoms with van der Waals surface area (Å²) >= 11 is 0. The average Bonchev–Trinajstić information content (AvgIpc) is 3.63. The van der Waals surface area contributed by atoms with E-state index in [2.05, 4.69) is 0 Å². The molecule has 0 N–H and O–H groups in total. The molecule has 2 bridgehead atoms. The largest absolute Gasteiger partial charge is 0.426 e. The molecule has 2 aliphatic carbocycles. The van der Waals surface area contributed by atoms with Gasteiger partial charge in [0.2, 0.25) is 17.7 Å². The van der Waals surface area contributed by atoms with Crippen molar-refractivity contribution in [2.45, 2.75) is 19.8 Å². The minimum Gasteiger partial charge on any atom is -0.426 e. The quantitative estimate of drug-likeness (QED) is 0.154. The molecule has 3 fully saturated rings. The number of imide groups is 1. The number of nitro benzene ring substituents is 1. The van der Waals surface area contributed by atoms with Crippen molar-refractivity contribution < 1.29 is 28.8 Å². The number of nitro groups is 1. The first-order chi connectivity index (χ1) is 17.7. The molecule has 188 valence electrons. The van der Waals surface area contributed by atoms with Crippen molar-refractivity contribution in [3.05, 3.63) is 70.3 Å². The van der Waals surface area contributed by atoms with E-state index in [0.717, 1.165) is 6.42 Å². The lowest BCUT2D eigenvalue weighted by Gasteiger charge is -2.18. The van der Waals surface area contributed by atoms with Crippen molar-refractivity contribution >= 4 is 40.8 Å². The van der Waals surface area contributed by atoms with Gasteiger partial charge in [0.05, 0.1) is 34.1 Å². The van der Waals surface area contributed by atoms with Crippen molar-refractivity contribution in [1.82, 2.24) is 0 Å². The number of nitrogens with zero attached hydrogens (tertiary/aromatic N) is 3. The van der Waals surface area contributed by atoms with Crippen molar-refractivity contribution in [3.8, 4) is 5.75 Å². The Morgan fingerprint density at radius 3 is 2.38 bits per heavy atom. The van der Waals surface area contributed by atoms with Crippen LogP contribution in [0.3, 0.4) is 0 Å². The summed E-state index contributed by atoms with van der Waals surface area (Å²) in [4.78, 5) is 65.1. The van der Waals surface area contributed by atoms with Gasteiger partial charge in [-0.15, -0.1) is 0 Å². The zero-order valence-electron chi connectivity index (χ0n) is 19.9. The van der Waals surface area contributed by atoms with Gasteiger partial charge in [0, 0.05) is 30.7 Å². The Labute approximate surface area is 211 Å². The van der Waals surface area contributed by atoms with Crippen LogP contribution >= 0.6 is 0 Å². The smallest absolute Gasteiger partial charge is 0.316 e. The second-order valence-corrected chi connectivity index (χ2v) is 10.1. The molecule has 10 nitrogen and oxygen atoms in total. The summed E-state index contributed by atoms with van der Waals surface area (Å²) in [6.45, 7) is 1.64. The first kappa shape index (κ1) is 23.1. The van der Waals surface area contributed by atoms with Gasteiger partial charge in [-0.25, -0.2) is 4.90 Å². The van der Waals surface area contributed by atoms with Gasteiger partial charge in [-0.2, -0.15) is 0 Å². The third-order valence-electron chi connectivity index (χ3n) is 7.92. The average molecular weight is 501 g/mol. The number of rotatable bonds is 5. The van der Waals surface area contributed by atoms with E-state index in [-0.39, 0.29) is 65.8 Å². The van der Waals surface area contributed by atoms with Crippen LogP contribution in [-0.4, -0.2) is 35.2 Å². The fourth-order valence-electron chi connectivity index (χ4n) is 6.12. The molecule has 0 aromatic heterocycles. The number of carbonyl (C=O) groups excluding carboxylic acids is 4. The van der Waals surface area contributed by atoms with E-state index in [0.29, 0.717) is 16.9 Å². The van der Waals surface area contributed by atoms with Crippen molar-refractivity contribution in [1.29, 1.82) is 0 Å². The normalized spacial score (nSPS) is 27.8. The van der Waals surface area contributed by atoms with Gasteiger partial charge >= 0.3 is 5.97 Å². The molecule has 2 aromatic rings. The number of hydrogen-bond acceptors (Lipinski definition) is 7. The number of carbonyl (C=O) groups is 4. The number of amides is 3. The van der Waals surface area contributed by atoms with Crippen LogP contribution in [-0.2, 0) is 19.2 Å². The Balaban J connectivity index is 1.16. The van der Waals surface area contributed by atoms with Gasteiger partial charge in [-0.05, 0) is 43.4 Å². The van der Waals surface area contributed by atoms with Gasteiger partial charge in [-0.3, -0.25) is 29.3 Å². The van der Waals surface area contributed by atoms with E-state index < -0.39 is 16.8 Å². The molecular formula is C27H23N3O7. The van der Waals surface area contributed by atoms with Crippen molar-refractivity contribution in [2.75, 3.05) is 16.3 Å². The maximum absolute atomic E-state index is 13.1. The second kappa shape index (κ2) is 8.36. The number of allylic oxidation sites excluding steroid dienone is 2. The highest BCUT2D eigenvalue weighted by atomic mass is 16.6. The third kappa shape index (κ3) is 3.62. The maximum atomic E-state index is 13.1. The number of benzene rings is 2. The minimum atomic E-state index is -0.771. The molecule has 2 heterocycles. The molecule has 37 heavy (non-hydrogen) atoms. The zero-order valence-corrected chi connectivity index (χ0v) is 19.9. The summed E-state index contributed by atoms with van der Waals surface area (Å²) in [5.74, 6) is -2.50. The highest BCUT2D eigenvalue weighted by Gasteiger charge is 2.59. The Bertz CT molecular complexity index is 1390. The van der Waals surface area contributed by atoms with E-state index in [9.17, 15) is 29.3 Å². The Morgan fingerprint density at radius 2 is 1.70 bits per heavy atom. The third-order valence-corrected chi connectivity index (χ3v) is 7.92. The summed E-state index contributed by atoms with van der Waals surface area (Å²) in [5.41, 5.74) is 1.07. The molecule has 0 radical (unpaired) electrons. The summed E-state index contributed by atoms with van der Waals surface area (Å²) in [6, 6.07) is 10.8. The van der Waals surface area contributed by atoms with Crippen LogP contribution < -0.4 is 14.5 Å². The van der Waals surface area contributed by atoms with Crippen LogP contribution in [0.2, 0.25) is 0 Å². The molecule has 5 atom stereocenters. The predicted octanol–water partition coefficient (Wildman–Crippen LogP) is 3.17. The molecule has 2 saturated heterocycles. The van der Waals surface area contributed by atoms with Crippen LogP contribution in [0, 0.1) is 46.6 Å². The molecule has 2 aliphatic heterocycles. The molecule has 1 saturated carbocycles. The van der Waals surface area contributed by atoms with E-state index >= 15 is 0 Å². The van der Waals surface area contributed by atoms with Crippen molar-refractivity contribution in [2.24, 2.45) is 29.6 Å². The fraction of sp³-hybridized carbons (Fsp3) is 0.333. The SMILES string of the molecule is Cc1ccc(N2C[C@H](C(=O)Oc3cccc(N4C(=O)[C@@H]5[C@H](C4=O)[C@H]4C=C[C@H]5C4)c3)CC2=O)cc1[N+](=O)[O-]. The number of aryl methyl sites for hydroxylation is 1. The molecule has 3 amide bonds. The van der Waals surface area contributed by atoms with Gasteiger partial charge < -0.3 is 9.64 Å². The van der Waals surface area contributed by atoms with Crippen LogP contribution in [0.15, 0.2) is 54.6 Å². The number of fused-ring (bicyclic) bond motifs is 5. The van der Waals surface area contributed by atoms with Gasteiger partial charge in [0.1, 0.15) is 5.75 Å². The zero-order chi connectivity index (χ0) is 26.0. The van der Waals surface area contributed by atoms with Crippen LogP contribution in [0.4, 0.5) is 17.1 Å². The summed E-state index contributed by atoms with van der Waals surface area (Å²) in [5, 5.41) is 11.3. The molecule has 10 heteroatoms. The maximum Gasteiger partial charge on any atom is 0.316 e. The molecule has 2 aromatic carbocycles. The first-order valence-corrected chi connectivity index (χ1v) is 12.2. The monoisotopic (exact) mass is 501 g/mol. The van der Waals surface area contributed by atoms with E-state index in [1.54, 1.807) is 37.3 Å². The highest BCUT2D eigenvalue weighted by Crippen LogP contribution is 2.53. The fourth-order valence-corrected chi connectivity index (χ4v) is 6.12. The molecular weight excluding hydrogens is 478 g/mol. The summed E-state index contributed by atoms with van der Waals surface area (Å²) < 4.78 is 5.54. The highest BCUT2D eigenvalue weighted by molar-refractivity contribution is 6.22. The lowest BCUT2D eigenvalue weighted by Crippen LogP contribution is -2.32. The van der Waals surface area contributed by atoms with Crippen molar-refractivity contribution in [3.63, 3.8) is 0 Å². The minimum absolute atomic E-state index is 0.0276. The van der Waals surface area contributed by atoms with Gasteiger partial charge in [0.25, 0.3) is 5.69 Å². The van der Waals surface area contributed by atoms with Crippen LogP contribution in [0.25, 0.3) is 0 Å². The van der Waals surface area contributed by atoms with E-state index in [1.165, 1.54) is 21.9 Å². The lowest BCUT2D eigenvalue weighted by atomic mass is 9.85. The second-order valence-electron chi connectivity index (χ2n) is 10.1. The van der Waals surface area contributed by atoms with Crippen LogP contribution in [0.5, 0.6) is 5.75 Å². The number of ether oxygens (including phenoxy) is 1. The summed E-state index contributed by atoms with van der Waals surface area (Å²) in [7, 11) is 0. The standard InChI is InChI=1S/C27H23N3O7/c1-14-5-8-18(12-21(14)30(35)36)28-13-17(10-22(28)31)27(34)37-20-4-2-3-19(11-20)29-25(32)23-15-6-7-16(9-15)24(23)26(29)33/h2-8,11-12,15-17,23-24H,9-10,13H2,1H3/t15-,16-,17+,23-,24+/m0/s1. The Morgan fingerprint density at radius 1 is 1.00 bits per heavy atom. The number of esters is 1. The van der Waals surface area contributed by atoms with Crippen LogP contribution in [0.1, 0.15) is 18.4 Å². The van der Waals surface area contributed by atoms with E-state index in [1.807, 2.05) is 12.2 Å². The van der Waals surface area contributed by atoms with Gasteiger partial charge in [-0.1, -0.05) is 24.3 Å². The molecule has 4 aliphatic rings. The number of anilines is 2. The Kier molecular flexibility index (Phi) is 5.22. The first-order valence-electron chi connectivity index (χ1n) is 12.2. The van der Waals surface area contributed by atoms with Gasteiger partial charge in [0.15, 0.2) is 0 Å². The molecule has 6 rings (SSSR count). The van der Waals surface area contributed by atoms with E-state index in [4.69, 9.17) is 4.74 Å². The molecule has 0 unspecified atom stereocenters. The topological polar surface area (TPSA) is 127 Å². The Hall–Kier alpha value is -4.34.